The molecule has 0 bridgehead atoms. The zero-order chi connectivity index (χ0) is 14.7. The first-order valence-corrected chi connectivity index (χ1v) is 6.58. The number of aliphatic hydroxyl groups excluding tert-OH is 1. The van der Waals surface area contributed by atoms with Gasteiger partial charge in [0.1, 0.15) is 11.6 Å². The maximum atomic E-state index is 13.6. The monoisotopic (exact) mass is 281 g/mol. The molecule has 108 valence electrons. The average Bonchev–Trinajstić information content (AvgIpc) is 2.38. The number of benzene rings is 1. The van der Waals surface area contributed by atoms with E-state index in [2.05, 4.69) is 0 Å². The van der Waals surface area contributed by atoms with Gasteiger partial charge in [-0.3, -0.25) is 4.79 Å². The lowest BCUT2D eigenvalue weighted by molar-refractivity contribution is -0.128. The van der Waals surface area contributed by atoms with Crippen molar-refractivity contribution in [1.29, 1.82) is 0 Å². The predicted octanol–water partition coefficient (Wildman–Crippen LogP) is 2.35. The van der Waals surface area contributed by atoms with E-state index in [0.29, 0.717) is 25.1 Å². The standard InChI is InChI=1S/C15H17F2NO2/c1-10(13-5-4-11(16)8-14(13)17)7-15(20)18-6-2-3-12(19)9-18/h4-5,7-8,12,19H,2-3,6,9H2,1H3. The Hall–Kier alpha value is -1.75. The molecule has 1 atom stereocenters. The molecule has 1 amide bonds. The van der Waals surface area contributed by atoms with E-state index in [1.807, 2.05) is 0 Å². The summed E-state index contributed by atoms with van der Waals surface area (Å²) >= 11 is 0. The molecule has 1 aromatic carbocycles. The summed E-state index contributed by atoms with van der Waals surface area (Å²) in [6.45, 7) is 2.49. The van der Waals surface area contributed by atoms with Gasteiger partial charge in [-0.2, -0.15) is 0 Å². The van der Waals surface area contributed by atoms with E-state index in [-0.39, 0.29) is 11.5 Å². The summed E-state index contributed by atoms with van der Waals surface area (Å²) in [5.74, 6) is -1.60. The van der Waals surface area contributed by atoms with Gasteiger partial charge in [0.2, 0.25) is 5.91 Å². The summed E-state index contributed by atoms with van der Waals surface area (Å²) in [5.41, 5.74) is 0.643. The number of carbonyl (C=O) groups excluding carboxylic acids is 1. The third kappa shape index (κ3) is 3.42. The Balaban J connectivity index is 2.14. The van der Waals surface area contributed by atoms with Crippen LogP contribution in [0.4, 0.5) is 8.78 Å². The minimum Gasteiger partial charge on any atom is -0.391 e. The maximum Gasteiger partial charge on any atom is 0.246 e. The lowest BCUT2D eigenvalue weighted by atomic mass is 10.0. The second-order valence-electron chi connectivity index (χ2n) is 5.03. The summed E-state index contributed by atoms with van der Waals surface area (Å²) < 4.78 is 26.5. The molecule has 1 unspecified atom stereocenters. The molecule has 0 aromatic heterocycles. The Morgan fingerprint density at radius 1 is 1.45 bits per heavy atom. The third-order valence-corrected chi connectivity index (χ3v) is 3.40. The second-order valence-corrected chi connectivity index (χ2v) is 5.03. The van der Waals surface area contributed by atoms with Crippen molar-refractivity contribution < 1.29 is 18.7 Å². The highest BCUT2D eigenvalue weighted by Gasteiger charge is 2.21. The van der Waals surface area contributed by atoms with E-state index >= 15 is 0 Å². The fourth-order valence-electron chi connectivity index (χ4n) is 2.32. The van der Waals surface area contributed by atoms with Gasteiger partial charge in [-0.1, -0.05) is 0 Å². The molecule has 1 aliphatic heterocycles. The highest BCUT2D eigenvalue weighted by Crippen LogP contribution is 2.19. The topological polar surface area (TPSA) is 40.5 Å². The molecule has 0 spiro atoms. The zero-order valence-electron chi connectivity index (χ0n) is 11.3. The van der Waals surface area contributed by atoms with E-state index in [1.165, 1.54) is 12.1 Å². The van der Waals surface area contributed by atoms with Crippen molar-refractivity contribution in [3.63, 3.8) is 0 Å². The first kappa shape index (κ1) is 14.7. The Morgan fingerprint density at radius 2 is 2.20 bits per heavy atom. The lowest BCUT2D eigenvalue weighted by Gasteiger charge is -2.29. The summed E-state index contributed by atoms with van der Waals surface area (Å²) in [7, 11) is 0. The highest BCUT2D eigenvalue weighted by atomic mass is 19.1. The molecule has 1 heterocycles. The number of aliphatic hydroxyl groups is 1. The van der Waals surface area contributed by atoms with Gasteiger partial charge < -0.3 is 10.0 Å². The molecule has 0 radical (unpaired) electrons. The molecule has 1 fully saturated rings. The number of amides is 1. The number of allylic oxidation sites excluding steroid dienone is 1. The van der Waals surface area contributed by atoms with Crippen LogP contribution in [0.3, 0.4) is 0 Å². The van der Waals surface area contributed by atoms with Crippen LogP contribution in [0.2, 0.25) is 0 Å². The Bertz CT molecular complexity index is 543. The van der Waals surface area contributed by atoms with Gasteiger partial charge >= 0.3 is 0 Å². The quantitative estimate of drug-likeness (QED) is 0.845. The van der Waals surface area contributed by atoms with Gasteiger partial charge in [-0.25, -0.2) is 8.78 Å². The number of carbonyl (C=O) groups is 1. The van der Waals surface area contributed by atoms with Crippen LogP contribution in [0.15, 0.2) is 24.3 Å². The largest absolute Gasteiger partial charge is 0.391 e. The van der Waals surface area contributed by atoms with Crippen molar-refractivity contribution in [2.24, 2.45) is 0 Å². The van der Waals surface area contributed by atoms with Crippen molar-refractivity contribution in [3.05, 3.63) is 41.5 Å². The molecule has 20 heavy (non-hydrogen) atoms. The Labute approximate surface area is 116 Å². The van der Waals surface area contributed by atoms with Crippen LogP contribution < -0.4 is 0 Å². The van der Waals surface area contributed by atoms with E-state index in [4.69, 9.17) is 0 Å². The Morgan fingerprint density at radius 3 is 2.85 bits per heavy atom. The van der Waals surface area contributed by atoms with Crippen molar-refractivity contribution in [3.8, 4) is 0 Å². The lowest BCUT2D eigenvalue weighted by Crippen LogP contribution is -2.41. The SMILES string of the molecule is CC(=CC(=O)N1CCCC(O)C1)c1ccc(F)cc1F. The van der Waals surface area contributed by atoms with Crippen molar-refractivity contribution in [2.45, 2.75) is 25.9 Å². The van der Waals surface area contributed by atoms with Gasteiger partial charge in [0.05, 0.1) is 6.10 Å². The second kappa shape index (κ2) is 6.13. The van der Waals surface area contributed by atoms with Gasteiger partial charge in [-0.05, 0) is 37.5 Å². The molecular formula is C15H17F2NO2. The van der Waals surface area contributed by atoms with Gasteiger partial charge in [-0.15, -0.1) is 0 Å². The van der Waals surface area contributed by atoms with Gasteiger partial charge in [0.25, 0.3) is 0 Å². The van der Waals surface area contributed by atoms with E-state index in [9.17, 15) is 18.7 Å². The van der Waals surface area contributed by atoms with E-state index < -0.39 is 17.7 Å². The number of rotatable bonds is 2. The third-order valence-electron chi connectivity index (χ3n) is 3.40. The normalized spacial score (nSPS) is 20.1. The van der Waals surface area contributed by atoms with Crippen LogP contribution in [0, 0.1) is 11.6 Å². The van der Waals surface area contributed by atoms with Crippen LogP contribution in [0.5, 0.6) is 0 Å². The van der Waals surface area contributed by atoms with Gasteiger partial charge in [0.15, 0.2) is 0 Å². The summed E-state index contributed by atoms with van der Waals surface area (Å²) in [4.78, 5) is 13.6. The van der Waals surface area contributed by atoms with Crippen molar-refractivity contribution in [1.82, 2.24) is 4.90 Å². The average molecular weight is 281 g/mol. The van der Waals surface area contributed by atoms with Crippen molar-refractivity contribution in [2.75, 3.05) is 13.1 Å². The Kier molecular flexibility index (Phi) is 4.49. The molecule has 2 rings (SSSR count). The number of halogens is 2. The number of likely N-dealkylation sites (tertiary alicyclic amines) is 1. The van der Waals surface area contributed by atoms with E-state index in [0.717, 1.165) is 18.6 Å². The fourth-order valence-corrected chi connectivity index (χ4v) is 2.32. The molecule has 0 aliphatic carbocycles. The molecular weight excluding hydrogens is 264 g/mol. The van der Waals surface area contributed by atoms with Crippen LogP contribution in [-0.4, -0.2) is 35.1 Å². The zero-order valence-corrected chi connectivity index (χ0v) is 11.3. The van der Waals surface area contributed by atoms with Crippen LogP contribution >= 0.6 is 0 Å². The van der Waals surface area contributed by atoms with Gasteiger partial charge in [0, 0.05) is 30.8 Å². The van der Waals surface area contributed by atoms with Crippen LogP contribution in [0.25, 0.3) is 5.57 Å². The molecule has 0 saturated carbocycles. The summed E-state index contributed by atoms with van der Waals surface area (Å²) in [5, 5.41) is 9.54. The van der Waals surface area contributed by atoms with Crippen LogP contribution in [-0.2, 0) is 4.79 Å². The molecule has 1 N–H and O–H groups in total. The number of nitrogens with zero attached hydrogens (tertiary/aromatic N) is 1. The smallest absolute Gasteiger partial charge is 0.246 e. The minimum atomic E-state index is -0.690. The number of piperidine rings is 1. The molecule has 1 aromatic rings. The highest BCUT2D eigenvalue weighted by molar-refractivity contribution is 5.95. The number of β-amino-alcohol motifs (C(OH)–C–C–N with tert-alkyl or cyclic N) is 1. The first-order chi connectivity index (χ1) is 9.47. The molecule has 5 heteroatoms. The summed E-state index contributed by atoms with van der Waals surface area (Å²) in [6, 6.07) is 3.27. The van der Waals surface area contributed by atoms with Crippen LogP contribution in [0.1, 0.15) is 25.3 Å². The maximum absolute atomic E-state index is 13.6. The minimum absolute atomic E-state index is 0.206. The molecule has 3 nitrogen and oxygen atoms in total. The number of hydrogen-bond acceptors (Lipinski definition) is 2. The van der Waals surface area contributed by atoms with Crippen molar-refractivity contribution >= 4 is 11.5 Å². The first-order valence-electron chi connectivity index (χ1n) is 6.58. The molecule has 1 saturated heterocycles. The predicted molar refractivity (Wildman–Crippen MR) is 71.8 cm³/mol. The van der Waals surface area contributed by atoms with E-state index in [1.54, 1.807) is 11.8 Å². The fraction of sp³-hybridized carbons (Fsp3) is 0.400. The number of hydrogen-bond donors (Lipinski definition) is 1. The molecule has 1 aliphatic rings. The summed E-state index contributed by atoms with van der Waals surface area (Å²) in [6.07, 6.45) is 2.28.